The van der Waals surface area contributed by atoms with Crippen molar-refractivity contribution in [3.8, 4) is 22.8 Å². The van der Waals surface area contributed by atoms with Crippen molar-refractivity contribution in [2.75, 3.05) is 13.2 Å². The molecule has 1 N–H and O–H groups in total. The molecule has 0 unspecified atom stereocenters. The van der Waals surface area contributed by atoms with Gasteiger partial charge >= 0.3 is 0 Å². The summed E-state index contributed by atoms with van der Waals surface area (Å²) in [6.45, 7) is 2.98. The fourth-order valence-electron chi connectivity index (χ4n) is 3.21. The summed E-state index contributed by atoms with van der Waals surface area (Å²) in [5.74, 6) is 0.773. The Morgan fingerprint density at radius 1 is 1.04 bits per heavy atom. The average molecular weight is 332 g/mol. The smallest absolute Gasteiger partial charge is 0.165 e. The van der Waals surface area contributed by atoms with Gasteiger partial charge in [0.15, 0.2) is 11.5 Å². The summed E-state index contributed by atoms with van der Waals surface area (Å²) in [5, 5.41) is 10.4. The van der Waals surface area contributed by atoms with E-state index in [4.69, 9.17) is 4.74 Å². The number of phenolic OH excluding ortho intramolecular Hbond substituents is 1. The molecule has 4 rings (SSSR count). The van der Waals surface area contributed by atoms with Crippen LogP contribution in [0.15, 0.2) is 66.9 Å². The number of ether oxygens (including phenoxy) is 1. The van der Waals surface area contributed by atoms with Gasteiger partial charge in [0, 0.05) is 37.0 Å². The van der Waals surface area contributed by atoms with Gasteiger partial charge < -0.3 is 9.84 Å². The molecule has 0 spiro atoms. The maximum absolute atomic E-state index is 10.4. The van der Waals surface area contributed by atoms with E-state index < -0.39 is 0 Å². The molecule has 2 aromatic carbocycles. The van der Waals surface area contributed by atoms with E-state index >= 15 is 0 Å². The quantitative estimate of drug-likeness (QED) is 0.791. The van der Waals surface area contributed by atoms with E-state index in [0.29, 0.717) is 12.4 Å². The first-order valence-electron chi connectivity index (χ1n) is 8.46. The zero-order valence-electron chi connectivity index (χ0n) is 13.9. The number of aromatic hydroxyl groups is 1. The molecular formula is C21H20N2O2. The van der Waals surface area contributed by atoms with E-state index in [1.165, 1.54) is 5.56 Å². The van der Waals surface area contributed by atoms with Crippen LogP contribution in [0.2, 0.25) is 0 Å². The van der Waals surface area contributed by atoms with Crippen molar-refractivity contribution in [3.63, 3.8) is 0 Å². The topological polar surface area (TPSA) is 45.6 Å². The van der Waals surface area contributed by atoms with E-state index in [1.54, 1.807) is 12.3 Å². The van der Waals surface area contributed by atoms with Crippen molar-refractivity contribution in [2.45, 2.75) is 13.1 Å². The van der Waals surface area contributed by atoms with Crippen LogP contribution >= 0.6 is 0 Å². The van der Waals surface area contributed by atoms with Crippen molar-refractivity contribution in [1.82, 2.24) is 9.88 Å². The Morgan fingerprint density at radius 2 is 1.88 bits per heavy atom. The van der Waals surface area contributed by atoms with Crippen LogP contribution in [0.5, 0.6) is 11.5 Å². The highest BCUT2D eigenvalue weighted by Gasteiger charge is 2.20. The largest absolute Gasteiger partial charge is 0.504 e. The van der Waals surface area contributed by atoms with Gasteiger partial charge in [-0.1, -0.05) is 36.4 Å². The Hall–Kier alpha value is -2.85. The molecule has 1 aliphatic heterocycles. The fraction of sp³-hybridized carbons (Fsp3) is 0.190. The molecule has 25 heavy (non-hydrogen) atoms. The molecule has 0 saturated carbocycles. The Kier molecular flexibility index (Phi) is 4.36. The molecule has 4 nitrogen and oxygen atoms in total. The Bertz CT molecular complexity index is 851. The van der Waals surface area contributed by atoms with Crippen LogP contribution in [0.4, 0.5) is 0 Å². The second-order valence-corrected chi connectivity index (χ2v) is 6.24. The standard InChI is InChI=1S/C21H20N2O2/c24-20-13-17(19-8-4-5-9-22-19)12-18-15-23(10-11-25-21(18)20)14-16-6-2-1-3-7-16/h1-9,12-13,24H,10-11,14-15H2. The van der Waals surface area contributed by atoms with Gasteiger partial charge in [-0.05, 0) is 29.8 Å². The molecule has 4 heteroatoms. The zero-order chi connectivity index (χ0) is 17.1. The van der Waals surface area contributed by atoms with Gasteiger partial charge in [-0.3, -0.25) is 9.88 Å². The first-order valence-corrected chi connectivity index (χ1v) is 8.46. The van der Waals surface area contributed by atoms with Crippen LogP contribution < -0.4 is 4.74 Å². The third kappa shape index (κ3) is 3.49. The van der Waals surface area contributed by atoms with Gasteiger partial charge in [-0.15, -0.1) is 0 Å². The lowest BCUT2D eigenvalue weighted by molar-refractivity contribution is 0.217. The molecule has 2 heterocycles. The number of phenols is 1. The Morgan fingerprint density at radius 3 is 2.68 bits per heavy atom. The predicted octanol–water partition coefficient (Wildman–Crippen LogP) is 3.85. The molecule has 1 aromatic heterocycles. The minimum atomic E-state index is 0.180. The average Bonchev–Trinajstić information content (AvgIpc) is 2.85. The van der Waals surface area contributed by atoms with E-state index in [2.05, 4.69) is 40.2 Å². The minimum Gasteiger partial charge on any atom is -0.504 e. The predicted molar refractivity (Wildman–Crippen MR) is 97.4 cm³/mol. The van der Waals surface area contributed by atoms with Gasteiger partial charge in [-0.25, -0.2) is 0 Å². The summed E-state index contributed by atoms with van der Waals surface area (Å²) in [6.07, 6.45) is 1.76. The molecule has 0 amide bonds. The number of nitrogens with zero attached hydrogens (tertiary/aromatic N) is 2. The lowest BCUT2D eigenvalue weighted by Crippen LogP contribution is -2.25. The SMILES string of the molecule is Oc1cc(-c2ccccn2)cc2c1OCCN(Cc1ccccc1)C2. The van der Waals surface area contributed by atoms with E-state index in [-0.39, 0.29) is 5.75 Å². The molecule has 126 valence electrons. The maximum atomic E-state index is 10.4. The number of fused-ring (bicyclic) bond motifs is 1. The number of benzene rings is 2. The van der Waals surface area contributed by atoms with Crippen molar-refractivity contribution in [2.24, 2.45) is 0 Å². The number of aromatic nitrogens is 1. The number of hydrogen-bond acceptors (Lipinski definition) is 4. The Labute approximate surface area is 147 Å². The van der Waals surface area contributed by atoms with Crippen molar-refractivity contribution in [3.05, 3.63) is 78.0 Å². The fourth-order valence-corrected chi connectivity index (χ4v) is 3.21. The van der Waals surface area contributed by atoms with Crippen molar-refractivity contribution >= 4 is 0 Å². The van der Waals surface area contributed by atoms with Crippen LogP contribution in [0.1, 0.15) is 11.1 Å². The highest BCUT2D eigenvalue weighted by molar-refractivity contribution is 5.66. The Balaban J connectivity index is 1.64. The number of rotatable bonds is 3. The maximum Gasteiger partial charge on any atom is 0.165 e. The monoisotopic (exact) mass is 332 g/mol. The minimum absolute atomic E-state index is 0.180. The highest BCUT2D eigenvalue weighted by Crippen LogP contribution is 2.37. The molecule has 0 bridgehead atoms. The third-order valence-electron chi connectivity index (χ3n) is 4.40. The lowest BCUT2D eigenvalue weighted by atomic mass is 10.0. The van der Waals surface area contributed by atoms with Crippen LogP contribution in [-0.4, -0.2) is 28.1 Å². The van der Waals surface area contributed by atoms with Crippen LogP contribution in [0.25, 0.3) is 11.3 Å². The summed E-state index contributed by atoms with van der Waals surface area (Å²) in [5.41, 5.74) is 4.02. The summed E-state index contributed by atoms with van der Waals surface area (Å²) in [7, 11) is 0. The summed E-state index contributed by atoms with van der Waals surface area (Å²) in [6, 6.07) is 20.0. The van der Waals surface area contributed by atoms with E-state index in [9.17, 15) is 5.11 Å². The highest BCUT2D eigenvalue weighted by atomic mass is 16.5. The second kappa shape index (κ2) is 6.95. The molecule has 0 radical (unpaired) electrons. The lowest BCUT2D eigenvalue weighted by Gasteiger charge is -2.19. The number of pyridine rings is 1. The van der Waals surface area contributed by atoms with E-state index in [1.807, 2.05) is 24.3 Å². The number of hydrogen-bond donors (Lipinski definition) is 1. The molecule has 0 aliphatic carbocycles. The zero-order valence-corrected chi connectivity index (χ0v) is 13.9. The van der Waals surface area contributed by atoms with Gasteiger partial charge in [0.2, 0.25) is 0 Å². The van der Waals surface area contributed by atoms with Crippen molar-refractivity contribution < 1.29 is 9.84 Å². The molecule has 1 aliphatic rings. The van der Waals surface area contributed by atoms with Gasteiger partial charge in [0.05, 0.1) is 5.69 Å². The normalized spacial score (nSPS) is 14.4. The van der Waals surface area contributed by atoms with Gasteiger partial charge in [0.25, 0.3) is 0 Å². The van der Waals surface area contributed by atoms with Crippen LogP contribution in [0, 0.1) is 0 Å². The summed E-state index contributed by atoms with van der Waals surface area (Å²) >= 11 is 0. The first kappa shape index (κ1) is 15.7. The van der Waals surface area contributed by atoms with Gasteiger partial charge in [-0.2, -0.15) is 0 Å². The second-order valence-electron chi connectivity index (χ2n) is 6.24. The van der Waals surface area contributed by atoms with E-state index in [0.717, 1.165) is 36.5 Å². The van der Waals surface area contributed by atoms with Crippen LogP contribution in [-0.2, 0) is 13.1 Å². The third-order valence-corrected chi connectivity index (χ3v) is 4.40. The molecular weight excluding hydrogens is 312 g/mol. The summed E-state index contributed by atoms with van der Waals surface area (Å²) < 4.78 is 5.83. The van der Waals surface area contributed by atoms with Crippen molar-refractivity contribution in [1.29, 1.82) is 0 Å². The molecule has 0 atom stereocenters. The summed E-state index contributed by atoms with van der Waals surface area (Å²) in [4.78, 5) is 6.72. The first-order chi connectivity index (χ1) is 12.3. The molecule has 3 aromatic rings. The molecule has 0 saturated heterocycles. The van der Waals surface area contributed by atoms with Gasteiger partial charge in [0.1, 0.15) is 6.61 Å². The van der Waals surface area contributed by atoms with Crippen LogP contribution in [0.3, 0.4) is 0 Å². The molecule has 0 fully saturated rings.